The van der Waals surface area contributed by atoms with Crippen molar-refractivity contribution in [1.82, 2.24) is 9.97 Å². The van der Waals surface area contributed by atoms with Crippen molar-refractivity contribution in [2.45, 2.75) is 13.3 Å². The Hall–Kier alpha value is -1.31. The summed E-state index contributed by atoms with van der Waals surface area (Å²) < 4.78 is 23.5. The van der Waals surface area contributed by atoms with E-state index in [0.29, 0.717) is 32.1 Å². The molecule has 0 amide bonds. The molecule has 0 atom stereocenters. The average molecular weight is 244 g/mol. The largest absolute Gasteiger partial charge is 0.382 e. The van der Waals surface area contributed by atoms with Gasteiger partial charge in [0.1, 0.15) is 5.82 Å². The summed E-state index contributed by atoms with van der Waals surface area (Å²) in [6.45, 7) is 3.07. The van der Waals surface area contributed by atoms with Crippen LogP contribution in [-0.2, 0) is 15.9 Å². The lowest BCUT2D eigenvalue weighted by Gasteiger charge is -2.07. The summed E-state index contributed by atoms with van der Waals surface area (Å²) in [5.41, 5.74) is 2.46. The highest BCUT2D eigenvalue weighted by molar-refractivity contribution is 5.36. The molecule has 96 valence electrons. The van der Waals surface area contributed by atoms with Gasteiger partial charge in [0, 0.05) is 13.5 Å². The first kappa shape index (κ1) is 13.8. The number of anilines is 1. The van der Waals surface area contributed by atoms with Gasteiger partial charge in [-0.3, -0.25) is 0 Å². The molecule has 3 N–H and O–H groups in total. The van der Waals surface area contributed by atoms with E-state index in [-0.39, 0.29) is 11.5 Å². The number of hydrogen-bond acceptors (Lipinski definition) is 6. The van der Waals surface area contributed by atoms with Crippen LogP contribution in [0.2, 0.25) is 0 Å². The highest BCUT2D eigenvalue weighted by Crippen LogP contribution is 2.12. The second-order valence-electron chi connectivity index (χ2n) is 3.39. The van der Waals surface area contributed by atoms with Crippen LogP contribution < -0.4 is 11.3 Å². The molecule has 1 aromatic heterocycles. The zero-order chi connectivity index (χ0) is 12.7. The van der Waals surface area contributed by atoms with E-state index in [1.165, 1.54) is 0 Å². The number of nitrogen functional groups attached to an aromatic ring is 1. The number of methoxy groups -OCH3 is 1. The Bertz CT molecular complexity index is 362. The predicted octanol–water partition coefficient (Wildman–Crippen LogP) is 0.415. The number of nitrogens with zero attached hydrogens (tertiary/aromatic N) is 2. The van der Waals surface area contributed by atoms with Gasteiger partial charge < -0.3 is 14.9 Å². The van der Waals surface area contributed by atoms with Gasteiger partial charge in [0.25, 0.3) is 0 Å². The maximum Gasteiger partial charge on any atom is 0.187 e. The summed E-state index contributed by atoms with van der Waals surface area (Å²) >= 11 is 0. The smallest absolute Gasteiger partial charge is 0.187 e. The molecule has 0 saturated heterocycles. The van der Waals surface area contributed by atoms with Crippen molar-refractivity contribution in [3.05, 3.63) is 17.3 Å². The second-order valence-corrected chi connectivity index (χ2v) is 3.39. The van der Waals surface area contributed by atoms with Crippen LogP contribution in [0.25, 0.3) is 0 Å². The van der Waals surface area contributed by atoms with Crippen molar-refractivity contribution in [3.63, 3.8) is 0 Å². The van der Waals surface area contributed by atoms with Crippen LogP contribution in [0.3, 0.4) is 0 Å². The first-order valence-electron chi connectivity index (χ1n) is 5.25. The molecule has 0 bridgehead atoms. The van der Waals surface area contributed by atoms with Crippen LogP contribution in [0.15, 0.2) is 0 Å². The van der Waals surface area contributed by atoms with Gasteiger partial charge in [0.2, 0.25) is 0 Å². The Kier molecular flexibility index (Phi) is 5.75. The monoisotopic (exact) mass is 244 g/mol. The Labute approximate surface area is 99.3 Å². The van der Waals surface area contributed by atoms with Crippen molar-refractivity contribution >= 4 is 5.82 Å². The van der Waals surface area contributed by atoms with Crippen molar-refractivity contribution in [2.24, 2.45) is 5.84 Å². The van der Waals surface area contributed by atoms with Gasteiger partial charge in [-0.2, -0.15) is 0 Å². The maximum atomic E-state index is 13.4. The maximum absolute atomic E-state index is 13.4. The first-order chi connectivity index (χ1) is 8.19. The fraction of sp³-hybridized carbons (Fsp3) is 0.600. The van der Waals surface area contributed by atoms with E-state index < -0.39 is 5.82 Å². The van der Waals surface area contributed by atoms with Crippen molar-refractivity contribution in [1.29, 1.82) is 0 Å². The molecular formula is C10H17FN4O2. The van der Waals surface area contributed by atoms with Crippen LogP contribution in [0.1, 0.15) is 11.5 Å². The van der Waals surface area contributed by atoms with E-state index in [1.54, 1.807) is 14.0 Å². The number of nitrogens with one attached hydrogen (secondary N) is 1. The SMILES string of the molecule is COCCOCCc1nc(C)c(F)c(NN)n1. The Morgan fingerprint density at radius 3 is 2.71 bits per heavy atom. The number of hydrazine groups is 1. The van der Waals surface area contributed by atoms with E-state index in [4.69, 9.17) is 15.3 Å². The lowest BCUT2D eigenvalue weighted by Crippen LogP contribution is -2.15. The van der Waals surface area contributed by atoms with E-state index in [2.05, 4.69) is 15.4 Å². The summed E-state index contributed by atoms with van der Waals surface area (Å²) in [6.07, 6.45) is 0.500. The molecule has 0 radical (unpaired) electrons. The number of hydrogen-bond donors (Lipinski definition) is 2. The molecule has 1 heterocycles. The molecule has 17 heavy (non-hydrogen) atoms. The number of aromatic nitrogens is 2. The van der Waals surface area contributed by atoms with Crippen molar-refractivity contribution < 1.29 is 13.9 Å². The number of ether oxygens (including phenoxy) is 2. The molecule has 1 aromatic rings. The van der Waals surface area contributed by atoms with Gasteiger partial charge in [-0.05, 0) is 6.92 Å². The minimum atomic E-state index is -0.531. The third-order valence-corrected chi connectivity index (χ3v) is 2.10. The molecular weight excluding hydrogens is 227 g/mol. The lowest BCUT2D eigenvalue weighted by molar-refractivity contribution is 0.0716. The second kappa shape index (κ2) is 7.10. The zero-order valence-corrected chi connectivity index (χ0v) is 9.99. The highest BCUT2D eigenvalue weighted by Gasteiger charge is 2.09. The molecule has 1 rings (SSSR count). The predicted molar refractivity (Wildman–Crippen MR) is 60.9 cm³/mol. The minimum Gasteiger partial charge on any atom is -0.382 e. The van der Waals surface area contributed by atoms with Crippen LogP contribution >= 0.6 is 0 Å². The van der Waals surface area contributed by atoms with E-state index in [0.717, 1.165) is 0 Å². The number of nitrogens with two attached hydrogens (primary N) is 1. The van der Waals surface area contributed by atoms with E-state index in [1.807, 2.05) is 0 Å². The third-order valence-electron chi connectivity index (χ3n) is 2.10. The van der Waals surface area contributed by atoms with Gasteiger partial charge in [-0.1, -0.05) is 0 Å². The first-order valence-corrected chi connectivity index (χ1v) is 5.25. The van der Waals surface area contributed by atoms with E-state index in [9.17, 15) is 4.39 Å². The van der Waals surface area contributed by atoms with Crippen LogP contribution in [0.4, 0.5) is 10.2 Å². The minimum absolute atomic E-state index is 0.00407. The topological polar surface area (TPSA) is 82.3 Å². The number of aryl methyl sites for hydroxylation is 1. The van der Waals surface area contributed by atoms with Gasteiger partial charge in [0.15, 0.2) is 11.6 Å². The van der Waals surface area contributed by atoms with Crippen LogP contribution in [-0.4, -0.2) is 36.9 Å². The Morgan fingerprint density at radius 2 is 2.06 bits per heavy atom. The number of halogens is 1. The van der Waals surface area contributed by atoms with E-state index >= 15 is 0 Å². The summed E-state index contributed by atoms with van der Waals surface area (Å²) in [4.78, 5) is 7.94. The molecule has 0 unspecified atom stereocenters. The fourth-order valence-corrected chi connectivity index (χ4v) is 1.23. The fourth-order valence-electron chi connectivity index (χ4n) is 1.23. The average Bonchev–Trinajstić information content (AvgIpc) is 2.33. The summed E-state index contributed by atoms with van der Waals surface area (Å²) in [5, 5.41) is 0. The van der Waals surface area contributed by atoms with Crippen molar-refractivity contribution in [2.75, 3.05) is 32.4 Å². The molecule has 0 aliphatic heterocycles. The normalized spacial score (nSPS) is 10.6. The molecule has 7 heteroatoms. The molecule has 0 aliphatic rings. The molecule has 0 fully saturated rings. The van der Waals surface area contributed by atoms with Crippen LogP contribution in [0, 0.1) is 12.7 Å². The van der Waals surface area contributed by atoms with Gasteiger partial charge in [0.05, 0.1) is 25.5 Å². The molecule has 0 aliphatic carbocycles. The van der Waals surface area contributed by atoms with Crippen LogP contribution in [0.5, 0.6) is 0 Å². The summed E-state index contributed by atoms with van der Waals surface area (Å²) in [7, 11) is 1.61. The lowest BCUT2D eigenvalue weighted by atomic mass is 10.3. The molecule has 0 aromatic carbocycles. The Morgan fingerprint density at radius 1 is 1.29 bits per heavy atom. The summed E-state index contributed by atoms with van der Waals surface area (Å²) in [6, 6.07) is 0. The standard InChI is InChI=1S/C10H17FN4O2/c1-7-9(11)10(15-12)14-8(13-7)3-4-17-6-5-16-2/h3-6,12H2,1-2H3,(H,13,14,15). The summed E-state index contributed by atoms with van der Waals surface area (Å²) in [5.74, 6) is 5.12. The zero-order valence-electron chi connectivity index (χ0n) is 9.99. The molecule has 0 saturated carbocycles. The third kappa shape index (κ3) is 4.22. The quantitative estimate of drug-likeness (QED) is 0.411. The van der Waals surface area contributed by atoms with Crippen molar-refractivity contribution in [3.8, 4) is 0 Å². The Balaban J connectivity index is 2.51. The molecule has 0 spiro atoms. The molecule has 6 nitrogen and oxygen atoms in total. The highest BCUT2D eigenvalue weighted by atomic mass is 19.1. The van der Waals surface area contributed by atoms with Gasteiger partial charge >= 0.3 is 0 Å². The van der Waals surface area contributed by atoms with Gasteiger partial charge in [-0.15, -0.1) is 0 Å². The van der Waals surface area contributed by atoms with Gasteiger partial charge in [-0.25, -0.2) is 20.2 Å². The number of rotatable bonds is 7.